The molecule has 31 heavy (non-hydrogen) atoms. The Morgan fingerprint density at radius 3 is 2.45 bits per heavy atom. The summed E-state index contributed by atoms with van der Waals surface area (Å²) in [6.07, 6.45) is 2.92. The first-order chi connectivity index (χ1) is 15.0. The fraction of sp³-hybridized carbons (Fsp3) is 0.308. The maximum Gasteiger partial charge on any atom is 0.294 e. The molecule has 0 radical (unpaired) electrons. The second-order valence-electron chi connectivity index (χ2n) is 8.16. The number of amides is 2. The van der Waals surface area contributed by atoms with Crippen LogP contribution in [-0.2, 0) is 4.79 Å². The van der Waals surface area contributed by atoms with Gasteiger partial charge in [0.05, 0.1) is 12.3 Å². The van der Waals surface area contributed by atoms with E-state index in [0.29, 0.717) is 12.2 Å². The Hall–Kier alpha value is -3.34. The van der Waals surface area contributed by atoms with E-state index >= 15 is 0 Å². The van der Waals surface area contributed by atoms with Gasteiger partial charge in [-0.05, 0) is 55.7 Å². The van der Waals surface area contributed by atoms with Crippen molar-refractivity contribution in [1.29, 1.82) is 0 Å². The van der Waals surface area contributed by atoms with Crippen molar-refractivity contribution < 1.29 is 14.0 Å². The number of anilines is 2. The summed E-state index contributed by atoms with van der Waals surface area (Å²) >= 11 is 0. The largest absolute Gasteiger partial charge is 0.459 e. The maximum absolute atomic E-state index is 13.5. The second-order valence-corrected chi connectivity index (χ2v) is 8.16. The number of hydrogen-bond acceptors (Lipinski definition) is 3. The van der Waals surface area contributed by atoms with E-state index in [1.165, 1.54) is 6.26 Å². The van der Waals surface area contributed by atoms with Gasteiger partial charge < -0.3 is 14.2 Å². The summed E-state index contributed by atoms with van der Waals surface area (Å²) in [5, 5.41) is 0. The van der Waals surface area contributed by atoms with Gasteiger partial charge in [0.15, 0.2) is 5.76 Å². The zero-order valence-corrected chi connectivity index (χ0v) is 18.2. The minimum atomic E-state index is -0.164. The number of para-hydroxylation sites is 2. The molecule has 0 saturated carbocycles. The zero-order valence-electron chi connectivity index (χ0n) is 18.2. The van der Waals surface area contributed by atoms with Crippen LogP contribution < -0.4 is 9.80 Å². The molecule has 0 spiro atoms. The quantitative estimate of drug-likeness (QED) is 0.525. The number of benzene rings is 2. The van der Waals surface area contributed by atoms with Crippen molar-refractivity contribution in [2.24, 2.45) is 5.92 Å². The topological polar surface area (TPSA) is 53.8 Å². The summed E-state index contributed by atoms with van der Waals surface area (Å²) in [7, 11) is 0. The van der Waals surface area contributed by atoms with Crippen LogP contribution in [0.2, 0.25) is 0 Å². The molecular weight excluding hydrogens is 388 g/mol. The van der Waals surface area contributed by atoms with Crippen LogP contribution in [0.5, 0.6) is 0 Å². The SMILES string of the molecule is CC[C@@H](C)C(=O)N(c1ccccc1)[C@H]1C[C@@H](C)N(C(=O)c2ccco2)c2ccccc21. The van der Waals surface area contributed by atoms with Crippen LogP contribution in [0.25, 0.3) is 0 Å². The van der Waals surface area contributed by atoms with Crippen molar-refractivity contribution >= 4 is 23.2 Å². The molecule has 0 saturated heterocycles. The lowest BCUT2D eigenvalue weighted by Crippen LogP contribution is -2.48. The fourth-order valence-corrected chi connectivity index (χ4v) is 4.32. The predicted molar refractivity (Wildman–Crippen MR) is 122 cm³/mol. The predicted octanol–water partition coefficient (Wildman–Crippen LogP) is 5.84. The molecular formula is C26H28N2O3. The first-order valence-electron chi connectivity index (χ1n) is 10.9. The highest BCUT2D eigenvalue weighted by atomic mass is 16.3. The van der Waals surface area contributed by atoms with Crippen LogP contribution in [0.15, 0.2) is 77.4 Å². The highest BCUT2D eigenvalue weighted by molar-refractivity contribution is 6.06. The van der Waals surface area contributed by atoms with Gasteiger partial charge in [0.2, 0.25) is 5.91 Å². The molecule has 0 aliphatic carbocycles. The van der Waals surface area contributed by atoms with Gasteiger partial charge in [-0.2, -0.15) is 0 Å². The molecule has 0 unspecified atom stereocenters. The first kappa shape index (κ1) is 20.9. The number of furan rings is 1. The molecule has 1 aliphatic heterocycles. The zero-order chi connectivity index (χ0) is 22.0. The third-order valence-corrected chi connectivity index (χ3v) is 6.13. The summed E-state index contributed by atoms with van der Waals surface area (Å²) in [6.45, 7) is 6.04. The Balaban J connectivity index is 1.81. The molecule has 2 amide bonds. The molecule has 3 aromatic rings. The number of carbonyl (C=O) groups excluding carboxylic acids is 2. The molecule has 3 atom stereocenters. The van der Waals surface area contributed by atoms with Crippen molar-refractivity contribution in [2.75, 3.05) is 9.80 Å². The van der Waals surface area contributed by atoms with Gasteiger partial charge in [0, 0.05) is 23.3 Å². The summed E-state index contributed by atoms with van der Waals surface area (Å²) in [6, 6.07) is 20.8. The molecule has 1 aromatic heterocycles. The van der Waals surface area contributed by atoms with Crippen LogP contribution in [0, 0.1) is 5.92 Å². The monoisotopic (exact) mass is 416 g/mol. The minimum Gasteiger partial charge on any atom is -0.459 e. The van der Waals surface area contributed by atoms with Gasteiger partial charge in [-0.1, -0.05) is 50.2 Å². The van der Waals surface area contributed by atoms with Gasteiger partial charge >= 0.3 is 0 Å². The van der Waals surface area contributed by atoms with Gasteiger partial charge in [-0.25, -0.2) is 0 Å². The van der Waals surface area contributed by atoms with E-state index in [2.05, 4.69) is 0 Å². The molecule has 2 aromatic carbocycles. The Kier molecular flexibility index (Phi) is 5.94. The normalized spacial score (nSPS) is 18.9. The number of rotatable bonds is 5. The van der Waals surface area contributed by atoms with E-state index in [9.17, 15) is 9.59 Å². The smallest absolute Gasteiger partial charge is 0.294 e. The van der Waals surface area contributed by atoms with E-state index < -0.39 is 0 Å². The summed E-state index contributed by atoms with van der Waals surface area (Å²) < 4.78 is 5.38. The number of nitrogens with zero attached hydrogens (tertiary/aromatic N) is 2. The first-order valence-corrected chi connectivity index (χ1v) is 10.9. The van der Waals surface area contributed by atoms with Crippen LogP contribution in [-0.4, -0.2) is 17.9 Å². The summed E-state index contributed by atoms with van der Waals surface area (Å²) in [5.74, 6) is 0.163. The number of fused-ring (bicyclic) bond motifs is 1. The summed E-state index contributed by atoms with van der Waals surface area (Å²) in [5.41, 5.74) is 2.68. The molecule has 0 bridgehead atoms. The van der Waals surface area contributed by atoms with E-state index in [0.717, 1.165) is 23.4 Å². The third kappa shape index (κ3) is 3.88. The van der Waals surface area contributed by atoms with Crippen LogP contribution in [0.4, 0.5) is 11.4 Å². The Bertz CT molecular complexity index is 1050. The standard InChI is InChI=1S/C26H28N2O3/c1-4-18(2)25(29)28(20-11-6-5-7-12-20)23-17-19(3)27(22-14-9-8-13-21(22)23)26(30)24-15-10-16-31-24/h5-16,18-19,23H,4,17H2,1-3H3/t18-,19-,23+/m1/s1. The van der Waals surface area contributed by atoms with Crippen molar-refractivity contribution in [3.63, 3.8) is 0 Å². The van der Waals surface area contributed by atoms with Crippen LogP contribution >= 0.6 is 0 Å². The molecule has 5 nitrogen and oxygen atoms in total. The van der Waals surface area contributed by atoms with Gasteiger partial charge in [-0.3, -0.25) is 9.59 Å². The van der Waals surface area contributed by atoms with Crippen LogP contribution in [0.1, 0.15) is 55.8 Å². The minimum absolute atomic E-state index is 0.0922. The Morgan fingerprint density at radius 2 is 1.77 bits per heavy atom. The molecule has 160 valence electrons. The van der Waals surface area contributed by atoms with Gasteiger partial charge in [0.25, 0.3) is 5.91 Å². The lowest BCUT2D eigenvalue weighted by atomic mass is 9.89. The average molecular weight is 417 g/mol. The van der Waals surface area contributed by atoms with Crippen molar-refractivity contribution in [2.45, 2.75) is 45.7 Å². The molecule has 4 rings (SSSR count). The second kappa shape index (κ2) is 8.80. The number of hydrogen-bond donors (Lipinski definition) is 0. The highest BCUT2D eigenvalue weighted by Crippen LogP contribution is 2.43. The lowest BCUT2D eigenvalue weighted by molar-refractivity contribution is -0.122. The maximum atomic E-state index is 13.5. The lowest BCUT2D eigenvalue weighted by Gasteiger charge is -2.44. The Morgan fingerprint density at radius 1 is 1.06 bits per heavy atom. The van der Waals surface area contributed by atoms with Gasteiger partial charge in [-0.15, -0.1) is 0 Å². The van der Waals surface area contributed by atoms with E-state index in [1.54, 1.807) is 17.0 Å². The van der Waals surface area contributed by atoms with Crippen molar-refractivity contribution in [3.05, 3.63) is 84.3 Å². The van der Waals surface area contributed by atoms with Crippen LogP contribution in [0.3, 0.4) is 0 Å². The molecule has 5 heteroatoms. The van der Waals surface area contributed by atoms with E-state index in [1.807, 2.05) is 80.3 Å². The molecule has 0 fully saturated rings. The van der Waals surface area contributed by atoms with Gasteiger partial charge in [0.1, 0.15) is 0 Å². The summed E-state index contributed by atoms with van der Waals surface area (Å²) in [4.78, 5) is 30.5. The number of carbonyl (C=O) groups is 2. The Labute approximate surface area is 183 Å². The third-order valence-electron chi connectivity index (χ3n) is 6.13. The van der Waals surface area contributed by atoms with E-state index in [-0.39, 0.29) is 29.8 Å². The van der Waals surface area contributed by atoms with Crippen molar-refractivity contribution in [3.8, 4) is 0 Å². The highest BCUT2D eigenvalue weighted by Gasteiger charge is 2.39. The fourth-order valence-electron chi connectivity index (χ4n) is 4.32. The average Bonchev–Trinajstić information content (AvgIpc) is 3.34. The molecule has 2 heterocycles. The van der Waals surface area contributed by atoms with Crippen molar-refractivity contribution in [1.82, 2.24) is 0 Å². The molecule has 0 N–H and O–H groups in total. The van der Waals surface area contributed by atoms with E-state index in [4.69, 9.17) is 4.42 Å². The molecule has 1 aliphatic rings.